The van der Waals surface area contributed by atoms with Crippen molar-refractivity contribution < 1.29 is 14.3 Å². The van der Waals surface area contributed by atoms with Crippen molar-refractivity contribution in [3.63, 3.8) is 0 Å². The molecule has 0 aliphatic carbocycles. The third-order valence-electron chi connectivity index (χ3n) is 4.72. The molecule has 1 fully saturated rings. The Kier molecular flexibility index (Phi) is 5.29. The maximum atomic E-state index is 12.4. The Labute approximate surface area is 168 Å². The number of benzene rings is 2. The number of amides is 2. The number of ether oxygens (including phenoxy) is 1. The number of hydrogen-bond acceptors (Lipinski definition) is 4. The second-order valence-electron chi connectivity index (χ2n) is 7.10. The maximum Gasteiger partial charge on any atom is 0.229 e. The van der Waals surface area contributed by atoms with Crippen molar-refractivity contribution in [1.29, 1.82) is 0 Å². The predicted molar refractivity (Wildman–Crippen MR) is 109 cm³/mol. The van der Waals surface area contributed by atoms with Gasteiger partial charge in [-0.1, -0.05) is 18.2 Å². The summed E-state index contributed by atoms with van der Waals surface area (Å²) >= 11 is 0. The van der Waals surface area contributed by atoms with Crippen LogP contribution in [0.1, 0.15) is 17.8 Å². The first kappa shape index (κ1) is 18.7. The topological polar surface area (TPSA) is 87.3 Å². The number of aromatic amines is 1. The molecule has 1 aromatic heterocycles. The lowest BCUT2D eigenvalue weighted by Gasteiger charge is -2.17. The molecular weight excluding hydrogens is 368 g/mol. The molecule has 2 heterocycles. The Morgan fingerprint density at radius 1 is 1.17 bits per heavy atom. The highest BCUT2D eigenvalue weighted by Gasteiger charge is 2.31. The van der Waals surface area contributed by atoms with Crippen LogP contribution in [-0.4, -0.2) is 34.6 Å². The molecule has 1 atom stereocenters. The van der Waals surface area contributed by atoms with E-state index in [9.17, 15) is 9.59 Å². The van der Waals surface area contributed by atoms with Gasteiger partial charge in [0.05, 0.1) is 18.2 Å². The number of aryl methyl sites for hydroxylation is 1. The van der Waals surface area contributed by atoms with Gasteiger partial charge in [0.2, 0.25) is 11.8 Å². The van der Waals surface area contributed by atoms with Gasteiger partial charge in [0.1, 0.15) is 11.5 Å². The summed E-state index contributed by atoms with van der Waals surface area (Å²) in [7, 11) is 0. The normalized spacial score (nSPS) is 16.1. The first-order chi connectivity index (χ1) is 14.1. The summed E-state index contributed by atoms with van der Waals surface area (Å²) in [5.41, 5.74) is 2.39. The van der Waals surface area contributed by atoms with Gasteiger partial charge in [-0.25, -0.2) is 0 Å². The molecule has 0 spiro atoms. The van der Waals surface area contributed by atoms with Crippen molar-refractivity contribution >= 4 is 17.5 Å². The van der Waals surface area contributed by atoms with Crippen molar-refractivity contribution in [1.82, 2.24) is 15.5 Å². The lowest BCUT2D eigenvalue weighted by atomic mass is 10.2. The summed E-state index contributed by atoms with van der Waals surface area (Å²) in [6.07, 6.45) is 0.480. The average Bonchev–Trinajstić information content (AvgIpc) is 3.28. The fraction of sp³-hybridized carbons (Fsp3) is 0.227. The lowest BCUT2D eigenvalue weighted by molar-refractivity contribution is -0.121. The smallest absolute Gasteiger partial charge is 0.229 e. The van der Waals surface area contributed by atoms with E-state index < -0.39 is 0 Å². The standard InChI is InChI=1S/C22H22N4O3/c1-15-11-16(25-24-15)12-21(27)23-17-13-22(28)26(14-17)18-7-9-20(10-8-18)29-19-5-3-2-4-6-19/h2-11,17H,12-14H2,1H3,(H,23,27)(H,24,25). The van der Waals surface area contributed by atoms with E-state index in [0.717, 1.165) is 17.1 Å². The molecule has 0 radical (unpaired) electrons. The van der Waals surface area contributed by atoms with Gasteiger partial charge in [0, 0.05) is 24.3 Å². The third-order valence-corrected chi connectivity index (χ3v) is 4.72. The number of nitrogens with zero attached hydrogens (tertiary/aromatic N) is 2. The largest absolute Gasteiger partial charge is 0.457 e. The summed E-state index contributed by atoms with van der Waals surface area (Å²) < 4.78 is 5.79. The highest BCUT2D eigenvalue weighted by Crippen LogP contribution is 2.27. The average molecular weight is 390 g/mol. The van der Waals surface area contributed by atoms with Crippen LogP contribution in [0.25, 0.3) is 0 Å². The molecule has 0 saturated carbocycles. The molecule has 7 nitrogen and oxygen atoms in total. The molecule has 3 aromatic rings. The van der Waals surface area contributed by atoms with Gasteiger partial charge in [-0.2, -0.15) is 5.10 Å². The summed E-state index contributed by atoms with van der Waals surface area (Å²) in [6.45, 7) is 2.33. The molecule has 29 heavy (non-hydrogen) atoms. The Bertz CT molecular complexity index is 998. The molecule has 1 aliphatic heterocycles. The van der Waals surface area contributed by atoms with Crippen molar-refractivity contribution in [2.45, 2.75) is 25.8 Å². The van der Waals surface area contributed by atoms with Gasteiger partial charge in [-0.15, -0.1) is 0 Å². The zero-order chi connectivity index (χ0) is 20.2. The van der Waals surface area contributed by atoms with Gasteiger partial charge in [-0.05, 0) is 49.4 Å². The number of para-hydroxylation sites is 1. The molecule has 1 unspecified atom stereocenters. The van der Waals surface area contributed by atoms with E-state index in [1.54, 1.807) is 4.90 Å². The molecule has 0 bridgehead atoms. The fourth-order valence-corrected chi connectivity index (χ4v) is 3.38. The molecule has 7 heteroatoms. The van der Waals surface area contributed by atoms with Gasteiger partial charge >= 0.3 is 0 Å². The molecule has 2 amide bonds. The first-order valence-electron chi connectivity index (χ1n) is 9.50. The summed E-state index contributed by atoms with van der Waals surface area (Å²) in [5, 5.41) is 9.82. The van der Waals surface area contributed by atoms with E-state index in [1.807, 2.05) is 67.6 Å². The second-order valence-corrected chi connectivity index (χ2v) is 7.10. The summed E-state index contributed by atoms with van der Waals surface area (Å²) in [6, 6.07) is 18.5. The zero-order valence-corrected chi connectivity index (χ0v) is 16.1. The summed E-state index contributed by atoms with van der Waals surface area (Å²) in [5.74, 6) is 1.31. The molecule has 2 N–H and O–H groups in total. The van der Waals surface area contributed by atoms with E-state index in [2.05, 4.69) is 15.5 Å². The quantitative estimate of drug-likeness (QED) is 0.677. The predicted octanol–water partition coefficient (Wildman–Crippen LogP) is 2.97. The maximum absolute atomic E-state index is 12.4. The van der Waals surface area contributed by atoms with Gasteiger partial charge in [-0.3, -0.25) is 14.7 Å². The van der Waals surface area contributed by atoms with Crippen molar-refractivity contribution in [2.75, 3.05) is 11.4 Å². The number of rotatable bonds is 6. The number of H-pyrrole nitrogens is 1. The van der Waals surface area contributed by atoms with Crippen molar-refractivity contribution in [3.05, 3.63) is 72.1 Å². The molecule has 1 aliphatic rings. The van der Waals surface area contributed by atoms with Crippen LogP contribution < -0.4 is 15.0 Å². The van der Waals surface area contributed by atoms with Crippen LogP contribution in [-0.2, 0) is 16.0 Å². The third kappa shape index (κ3) is 4.63. The number of carbonyl (C=O) groups excluding carboxylic acids is 2. The second kappa shape index (κ2) is 8.18. The van der Waals surface area contributed by atoms with Gasteiger partial charge in [0.25, 0.3) is 0 Å². The first-order valence-corrected chi connectivity index (χ1v) is 9.50. The number of aromatic nitrogens is 2. The molecule has 148 valence electrons. The van der Waals surface area contributed by atoms with E-state index >= 15 is 0 Å². The van der Waals surface area contributed by atoms with Crippen LogP contribution in [0.15, 0.2) is 60.7 Å². The zero-order valence-electron chi connectivity index (χ0n) is 16.1. The van der Waals surface area contributed by atoms with E-state index in [-0.39, 0.29) is 30.7 Å². The number of hydrogen-bond donors (Lipinski definition) is 2. The van der Waals surface area contributed by atoms with E-state index in [1.165, 1.54) is 0 Å². The Morgan fingerprint density at radius 2 is 1.90 bits per heavy atom. The SMILES string of the molecule is Cc1cc(CC(=O)NC2CC(=O)N(c3ccc(Oc4ccccc4)cc3)C2)n[nH]1. The number of carbonyl (C=O) groups is 2. The Hall–Kier alpha value is -3.61. The molecule has 4 rings (SSSR count). The molecular formula is C22H22N4O3. The minimum Gasteiger partial charge on any atom is -0.457 e. The van der Waals surface area contributed by atoms with Crippen LogP contribution in [0.4, 0.5) is 5.69 Å². The lowest BCUT2D eigenvalue weighted by Crippen LogP contribution is -2.38. The van der Waals surface area contributed by atoms with Crippen LogP contribution in [0.2, 0.25) is 0 Å². The van der Waals surface area contributed by atoms with Crippen LogP contribution in [0.5, 0.6) is 11.5 Å². The number of anilines is 1. The van der Waals surface area contributed by atoms with Crippen molar-refractivity contribution in [3.8, 4) is 11.5 Å². The molecule has 1 saturated heterocycles. The van der Waals surface area contributed by atoms with Gasteiger partial charge < -0.3 is 15.0 Å². The Morgan fingerprint density at radius 3 is 2.59 bits per heavy atom. The fourth-order valence-electron chi connectivity index (χ4n) is 3.38. The minimum absolute atomic E-state index is 0.0114. The molecule has 2 aromatic carbocycles. The van der Waals surface area contributed by atoms with Gasteiger partial charge in [0.15, 0.2) is 0 Å². The number of nitrogens with one attached hydrogen (secondary N) is 2. The highest BCUT2D eigenvalue weighted by molar-refractivity contribution is 5.97. The van der Waals surface area contributed by atoms with Crippen LogP contribution in [0.3, 0.4) is 0 Å². The highest BCUT2D eigenvalue weighted by atomic mass is 16.5. The minimum atomic E-state index is -0.213. The summed E-state index contributed by atoms with van der Waals surface area (Å²) in [4.78, 5) is 26.4. The Balaban J connectivity index is 1.34. The van der Waals surface area contributed by atoms with Crippen molar-refractivity contribution in [2.24, 2.45) is 0 Å². The van der Waals surface area contributed by atoms with Crippen LogP contribution in [0, 0.1) is 6.92 Å². The van der Waals surface area contributed by atoms with Crippen LogP contribution >= 0.6 is 0 Å². The van der Waals surface area contributed by atoms with E-state index in [0.29, 0.717) is 18.0 Å². The monoisotopic (exact) mass is 390 g/mol. The van der Waals surface area contributed by atoms with E-state index in [4.69, 9.17) is 4.74 Å².